The number of fused-ring (bicyclic) bond motifs is 1. The second kappa shape index (κ2) is 10.4. The van der Waals surface area contributed by atoms with Crippen LogP contribution < -0.4 is 5.56 Å². The van der Waals surface area contributed by atoms with Gasteiger partial charge < -0.3 is 19.3 Å². The van der Waals surface area contributed by atoms with Crippen LogP contribution in [0.4, 0.5) is 4.79 Å². The van der Waals surface area contributed by atoms with Gasteiger partial charge in [0.25, 0.3) is 5.56 Å². The number of amides is 2. The molecule has 1 unspecified atom stereocenters. The van der Waals surface area contributed by atoms with Crippen molar-refractivity contribution in [2.24, 2.45) is 0 Å². The van der Waals surface area contributed by atoms with Gasteiger partial charge in [-0.2, -0.15) is 0 Å². The molecule has 2 amide bonds. The van der Waals surface area contributed by atoms with Gasteiger partial charge in [-0.3, -0.25) is 14.2 Å². The van der Waals surface area contributed by atoms with Crippen LogP contribution in [0.5, 0.6) is 0 Å². The Hall–Kier alpha value is -2.59. The predicted molar refractivity (Wildman–Crippen MR) is 121 cm³/mol. The number of hydrogen-bond acceptors (Lipinski definition) is 7. The maximum absolute atomic E-state index is 13.1. The minimum absolute atomic E-state index is 0.0123. The fourth-order valence-electron chi connectivity index (χ4n) is 3.98. The summed E-state index contributed by atoms with van der Waals surface area (Å²) in [5, 5.41) is 1.10. The van der Waals surface area contributed by atoms with Crippen molar-refractivity contribution in [1.82, 2.24) is 19.4 Å². The topological polar surface area (TPSA) is 94.0 Å². The molecular formula is C22H28N4O5S. The van der Waals surface area contributed by atoms with Crippen molar-refractivity contribution < 1.29 is 19.1 Å². The molecule has 2 saturated heterocycles. The minimum atomic E-state index is -0.340. The molecule has 0 radical (unpaired) electrons. The number of nitrogens with zero attached hydrogens (tertiary/aromatic N) is 4. The zero-order valence-electron chi connectivity index (χ0n) is 18.2. The van der Waals surface area contributed by atoms with Crippen LogP contribution in [-0.4, -0.2) is 82.6 Å². The van der Waals surface area contributed by atoms with E-state index in [1.165, 1.54) is 11.8 Å². The molecule has 4 rings (SSSR count). The number of benzene rings is 1. The summed E-state index contributed by atoms with van der Waals surface area (Å²) in [6.45, 7) is 5.08. The summed E-state index contributed by atoms with van der Waals surface area (Å²) < 4.78 is 12.4. The first-order valence-electron chi connectivity index (χ1n) is 11.0. The van der Waals surface area contributed by atoms with Crippen LogP contribution in [0, 0.1) is 0 Å². The Morgan fingerprint density at radius 2 is 1.94 bits per heavy atom. The van der Waals surface area contributed by atoms with Gasteiger partial charge in [-0.1, -0.05) is 23.9 Å². The summed E-state index contributed by atoms with van der Waals surface area (Å²) in [7, 11) is 0. The average Bonchev–Trinajstić information content (AvgIpc) is 3.33. The molecule has 172 valence electrons. The number of rotatable bonds is 6. The molecule has 0 bridgehead atoms. The first-order valence-corrected chi connectivity index (χ1v) is 12.0. The molecule has 0 N–H and O–H groups in total. The first kappa shape index (κ1) is 22.6. The Balaban J connectivity index is 1.45. The minimum Gasteiger partial charge on any atom is -0.450 e. The van der Waals surface area contributed by atoms with Crippen molar-refractivity contribution in [2.75, 3.05) is 45.1 Å². The predicted octanol–water partition coefficient (Wildman–Crippen LogP) is 1.97. The van der Waals surface area contributed by atoms with Gasteiger partial charge >= 0.3 is 6.09 Å². The Bertz CT molecular complexity index is 1030. The highest BCUT2D eigenvalue weighted by molar-refractivity contribution is 7.99. The molecule has 1 atom stereocenters. The maximum atomic E-state index is 13.1. The van der Waals surface area contributed by atoms with Gasteiger partial charge in [0.15, 0.2) is 5.16 Å². The molecule has 0 aliphatic carbocycles. The molecule has 10 heteroatoms. The number of hydrogen-bond donors (Lipinski definition) is 0. The normalized spacial score (nSPS) is 18.8. The molecule has 32 heavy (non-hydrogen) atoms. The Morgan fingerprint density at radius 3 is 2.66 bits per heavy atom. The number of ether oxygens (including phenoxy) is 2. The fourth-order valence-corrected chi connectivity index (χ4v) is 4.89. The van der Waals surface area contributed by atoms with Crippen molar-refractivity contribution in [3.05, 3.63) is 34.6 Å². The molecule has 2 aliphatic rings. The first-order chi connectivity index (χ1) is 15.6. The zero-order chi connectivity index (χ0) is 22.5. The molecule has 3 heterocycles. The third-order valence-electron chi connectivity index (χ3n) is 5.72. The van der Waals surface area contributed by atoms with E-state index in [2.05, 4.69) is 4.98 Å². The number of piperazine rings is 1. The number of carbonyl (C=O) groups excluding carboxylic acids is 2. The Kier molecular flexibility index (Phi) is 7.31. The van der Waals surface area contributed by atoms with Crippen molar-refractivity contribution >= 4 is 34.7 Å². The van der Waals surface area contributed by atoms with Gasteiger partial charge in [0, 0.05) is 32.8 Å². The van der Waals surface area contributed by atoms with Crippen molar-refractivity contribution in [1.29, 1.82) is 0 Å². The van der Waals surface area contributed by atoms with Crippen molar-refractivity contribution in [3.63, 3.8) is 0 Å². The fraction of sp³-hybridized carbons (Fsp3) is 0.545. The van der Waals surface area contributed by atoms with Crippen molar-refractivity contribution in [2.45, 2.75) is 37.6 Å². The van der Waals surface area contributed by atoms with E-state index >= 15 is 0 Å². The SMILES string of the molecule is CCOC(=O)N1CCN(C(=O)CSc2nc3ccccc3c(=O)n2CC2CCCO2)CC1. The molecule has 1 aromatic heterocycles. The molecular weight excluding hydrogens is 432 g/mol. The van der Waals surface area contributed by atoms with E-state index < -0.39 is 0 Å². The zero-order valence-corrected chi connectivity index (χ0v) is 19.0. The van der Waals surface area contributed by atoms with E-state index in [0.29, 0.717) is 62.0 Å². The summed E-state index contributed by atoms with van der Waals surface area (Å²) in [5.41, 5.74) is 0.517. The van der Waals surface area contributed by atoms with Crippen LogP contribution in [0.2, 0.25) is 0 Å². The number of thioether (sulfide) groups is 1. The number of aromatic nitrogens is 2. The van der Waals surface area contributed by atoms with Gasteiger partial charge in [-0.05, 0) is 31.9 Å². The Morgan fingerprint density at radius 1 is 1.19 bits per heavy atom. The average molecular weight is 461 g/mol. The Labute approximate surface area is 190 Å². The smallest absolute Gasteiger partial charge is 0.409 e. The molecule has 0 spiro atoms. The highest BCUT2D eigenvalue weighted by Gasteiger charge is 2.26. The quantitative estimate of drug-likeness (QED) is 0.481. The van der Waals surface area contributed by atoms with E-state index in [9.17, 15) is 14.4 Å². The van der Waals surface area contributed by atoms with E-state index in [0.717, 1.165) is 12.8 Å². The van der Waals surface area contributed by atoms with E-state index in [-0.39, 0.29) is 29.4 Å². The van der Waals surface area contributed by atoms with Crippen LogP contribution in [0.3, 0.4) is 0 Å². The molecule has 9 nitrogen and oxygen atoms in total. The van der Waals surface area contributed by atoms with Gasteiger partial charge in [0.05, 0.1) is 35.9 Å². The number of para-hydroxylation sites is 1. The van der Waals surface area contributed by atoms with E-state index in [1.54, 1.807) is 27.4 Å². The third kappa shape index (κ3) is 5.07. The van der Waals surface area contributed by atoms with Crippen LogP contribution in [0.15, 0.2) is 34.2 Å². The molecule has 2 fully saturated rings. The van der Waals surface area contributed by atoms with Gasteiger partial charge in [-0.15, -0.1) is 0 Å². The van der Waals surface area contributed by atoms with Gasteiger partial charge in [0.2, 0.25) is 5.91 Å². The second-order valence-corrected chi connectivity index (χ2v) is 8.76. The standard InChI is InChI=1S/C22H28N4O5S/c1-2-30-22(29)25-11-9-24(10-12-25)19(27)15-32-21-23-18-8-4-3-7-17(18)20(28)26(21)14-16-6-5-13-31-16/h3-4,7-8,16H,2,5-6,9-15H2,1H3. The van der Waals surface area contributed by atoms with Crippen LogP contribution in [0.25, 0.3) is 10.9 Å². The summed E-state index contributed by atoms with van der Waals surface area (Å²) >= 11 is 1.28. The molecule has 2 aromatic rings. The molecule has 1 aromatic carbocycles. The maximum Gasteiger partial charge on any atom is 0.409 e. The molecule has 2 aliphatic heterocycles. The largest absolute Gasteiger partial charge is 0.450 e. The summed E-state index contributed by atoms with van der Waals surface area (Å²) in [4.78, 5) is 45.8. The summed E-state index contributed by atoms with van der Waals surface area (Å²) in [5.74, 6) is 0.139. The lowest BCUT2D eigenvalue weighted by Gasteiger charge is -2.34. The highest BCUT2D eigenvalue weighted by Crippen LogP contribution is 2.21. The van der Waals surface area contributed by atoms with E-state index in [4.69, 9.17) is 9.47 Å². The van der Waals surface area contributed by atoms with Crippen LogP contribution >= 0.6 is 11.8 Å². The van der Waals surface area contributed by atoms with Crippen molar-refractivity contribution in [3.8, 4) is 0 Å². The van der Waals surface area contributed by atoms with Crippen LogP contribution in [0.1, 0.15) is 19.8 Å². The summed E-state index contributed by atoms with van der Waals surface area (Å²) in [6, 6.07) is 7.27. The lowest BCUT2D eigenvalue weighted by atomic mass is 10.2. The third-order valence-corrected chi connectivity index (χ3v) is 6.68. The lowest BCUT2D eigenvalue weighted by molar-refractivity contribution is -0.129. The lowest BCUT2D eigenvalue weighted by Crippen LogP contribution is -2.51. The highest BCUT2D eigenvalue weighted by atomic mass is 32.2. The second-order valence-electron chi connectivity index (χ2n) is 7.82. The monoisotopic (exact) mass is 460 g/mol. The van der Waals surface area contributed by atoms with Gasteiger partial charge in [-0.25, -0.2) is 9.78 Å². The van der Waals surface area contributed by atoms with Crippen LogP contribution in [-0.2, 0) is 20.8 Å². The summed E-state index contributed by atoms with van der Waals surface area (Å²) in [6.07, 6.45) is 1.54. The molecule has 0 saturated carbocycles. The number of carbonyl (C=O) groups is 2. The van der Waals surface area contributed by atoms with E-state index in [1.807, 2.05) is 18.2 Å². The van der Waals surface area contributed by atoms with Gasteiger partial charge in [0.1, 0.15) is 0 Å².